The summed E-state index contributed by atoms with van der Waals surface area (Å²) >= 11 is 0. The number of hydrogen-bond donors (Lipinski definition) is 0. The van der Waals surface area contributed by atoms with Crippen LogP contribution in [0.25, 0.3) is 55.7 Å². The lowest BCUT2D eigenvalue weighted by atomic mass is 9.81. The summed E-state index contributed by atoms with van der Waals surface area (Å²) < 4.78 is 17.7. The molecule has 3 nitrogen and oxygen atoms in total. The van der Waals surface area contributed by atoms with Crippen molar-refractivity contribution >= 4 is 56.5 Å². The first-order valence-electron chi connectivity index (χ1n) is 18.1. The third-order valence-corrected chi connectivity index (χ3v) is 14.4. The number of fused-ring (bicyclic) bond motifs is 11. The molecule has 4 heteroatoms. The van der Waals surface area contributed by atoms with Crippen LogP contribution in [0, 0.1) is 0 Å². The third kappa shape index (κ3) is 4.52. The Bertz CT molecular complexity index is 2800. The molecule has 6 aromatic carbocycles. The number of rotatable bonds is 4. The van der Waals surface area contributed by atoms with Crippen LogP contribution in [0.15, 0.2) is 158 Å². The summed E-state index contributed by atoms with van der Waals surface area (Å²) in [6, 6.07) is 48.9. The molecule has 250 valence electrons. The highest BCUT2D eigenvalue weighted by Gasteiger charge is 2.38. The van der Waals surface area contributed by atoms with Crippen molar-refractivity contribution in [2.75, 3.05) is 0 Å². The minimum absolute atomic E-state index is 0.284. The van der Waals surface area contributed by atoms with Crippen molar-refractivity contribution in [1.82, 2.24) is 9.38 Å². The van der Waals surface area contributed by atoms with Gasteiger partial charge in [-0.1, -0.05) is 147 Å². The van der Waals surface area contributed by atoms with Crippen molar-refractivity contribution in [3.8, 4) is 22.3 Å². The van der Waals surface area contributed by atoms with E-state index in [0.717, 1.165) is 45.5 Å². The highest BCUT2D eigenvalue weighted by Crippen LogP contribution is 2.52. The van der Waals surface area contributed by atoms with Gasteiger partial charge < -0.3 is 4.57 Å². The van der Waals surface area contributed by atoms with Gasteiger partial charge in [-0.3, -0.25) is 4.40 Å². The smallest absolute Gasteiger partial charge is 0.171 e. The van der Waals surface area contributed by atoms with Crippen LogP contribution in [-0.4, -0.2) is 9.38 Å². The first-order chi connectivity index (χ1) is 25.4. The van der Waals surface area contributed by atoms with E-state index in [4.69, 9.17) is 4.98 Å². The van der Waals surface area contributed by atoms with Crippen LogP contribution in [0.3, 0.4) is 0 Å². The first kappa shape index (κ1) is 31.0. The molecule has 0 aliphatic heterocycles. The van der Waals surface area contributed by atoms with Crippen molar-refractivity contribution < 1.29 is 4.57 Å². The van der Waals surface area contributed by atoms with Crippen molar-refractivity contribution in [2.45, 2.75) is 32.1 Å². The monoisotopic (exact) mass is 688 g/mol. The fraction of sp³-hybridized carbons (Fsp3) is 0.104. The van der Waals surface area contributed by atoms with Gasteiger partial charge in [0.25, 0.3) is 0 Å². The molecule has 0 bridgehead atoms. The Morgan fingerprint density at radius 3 is 2.02 bits per heavy atom. The van der Waals surface area contributed by atoms with E-state index >= 15 is 4.57 Å². The van der Waals surface area contributed by atoms with Gasteiger partial charge in [0.2, 0.25) is 0 Å². The van der Waals surface area contributed by atoms with Gasteiger partial charge in [0.05, 0.1) is 16.9 Å². The zero-order valence-electron chi connectivity index (χ0n) is 29.3. The van der Waals surface area contributed by atoms with E-state index in [1.807, 2.05) is 60.7 Å². The molecular weight excluding hydrogens is 652 g/mol. The predicted octanol–water partition coefficient (Wildman–Crippen LogP) is 10.8. The Morgan fingerprint density at radius 2 is 1.25 bits per heavy atom. The summed E-state index contributed by atoms with van der Waals surface area (Å²) in [5.41, 5.74) is 11.5. The van der Waals surface area contributed by atoms with Crippen molar-refractivity contribution in [2.24, 2.45) is 0 Å². The van der Waals surface area contributed by atoms with Crippen LogP contribution in [0.5, 0.6) is 0 Å². The average Bonchev–Trinajstić information content (AvgIpc) is 3.65. The summed E-state index contributed by atoms with van der Waals surface area (Å²) in [6.45, 7) is 4.61. The highest BCUT2D eigenvalue weighted by atomic mass is 31.2. The standard InChI is InChI=1S/C48H37N2OP/c1-48(2)42-30-33(24-27-38(42)39-28-25-36(31-43(39)48)52(51,34-15-7-5-8-16-34)35-17-9-6-10-18-35)32-23-26-37-40-19-13-14-21-45(40)50-46-22-12-4-3-11-20-44(46)49-47(50)41(37)29-32/h4-21,23-31H,3,22H2,1-2H3/b12-4-,20-11-. The average molecular weight is 689 g/mol. The maximum absolute atomic E-state index is 15.3. The van der Waals surface area contributed by atoms with Crippen molar-refractivity contribution in [3.05, 3.63) is 180 Å². The zero-order chi connectivity index (χ0) is 35.0. The van der Waals surface area contributed by atoms with Gasteiger partial charge in [0.1, 0.15) is 5.65 Å². The van der Waals surface area contributed by atoms with Crippen molar-refractivity contribution in [3.63, 3.8) is 0 Å². The van der Waals surface area contributed by atoms with Crippen LogP contribution >= 0.6 is 7.14 Å². The van der Waals surface area contributed by atoms with Crippen LogP contribution in [0.2, 0.25) is 0 Å². The second-order valence-corrected chi connectivity index (χ2v) is 17.4. The lowest BCUT2D eigenvalue weighted by Gasteiger charge is -2.25. The van der Waals surface area contributed by atoms with Gasteiger partial charge in [-0.15, -0.1) is 0 Å². The Hall–Kier alpha value is -5.76. The minimum Gasteiger partial charge on any atom is -0.309 e. The lowest BCUT2D eigenvalue weighted by molar-refractivity contribution is 0.592. The Morgan fingerprint density at radius 1 is 0.596 bits per heavy atom. The number of imidazole rings is 1. The van der Waals surface area contributed by atoms with Gasteiger partial charge in [-0.2, -0.15) is 0 Å². The number of pyridine rings is 1. The molecule has 2 aliphatic rings. The SMILES string of the molecule is CC1(C)c2cc(-c3ccc4c5ccccc5n5c6c(nc5c4c3)/C=C\C/C=C\C6)ccc2-c2ccc(P(=O)(c3ccccc3)c3ccccc3)cc21. The molecule has 2 heterocycles. The molecule has 52 heavy (non-hydrogen) atoms. The molecule has 0 saturated carbocycles. The fourth-order valence-electron chi connectivity index (χ4n) is 8.65. The van der Waals surface area contributed by atoms with Crippen molar-refractivity contribution in [1.29, 1.82) is 0 Å². The second-order valence-electron chi connectivity index (χ2n) is 14.6. The molecule has 0 radical (unpaired) electrons. The van der Waals surface area contributed by atoms with E-state index in [2.05, 4.69) is 121 Å². The fourth-order valence-corrected chi connectivity index (χ4v) is 11.3. The zero-order valence-corrected chi connectivity index (χ0v) is 30.1. The van der Waals surface area contributed by atoms with Crippen LogP contribution in [-0.2, 0) is 16.4 Å². The number of aromatic nitrogens is 2. The molecule has 0 fully saturated rings. The number of benzene rings is 6. The van der Waals surface area contributed by atoms with Gasteiger partial charge in [-0.05, 0) is 75.5 Å². The summed E-state index contributed by atoms with van der Waals surface area (Å²) in [4.78, 5) is 5.27. The lowest BCUT2D eigenvalue weighted by Crippen LogP contribution is -2.26. The van der Waals surface area contributed by atoms with E-state index in [9.17, 15) is 0 Å². The quantitative estimate of drug-likeness (QED) is 0.105. The molecule has 0 amide bonds. The molecule has 0 unspecified atom stereocenters. The maximum atomic E-state index is 15.3. The van der Waals surface area contributed by atoms with E-state index in [-0.39, 0.29) is 5.41 Å². The maximum Gasteiger partial charge on any atom is 0.171 e. The Balaban J connectivity index is 1.11. The molecule has 2 aliphatic carbocycles. The largest absolute Gasteiger partial charge is 0.309 e. The molecule has 8 aromatic rings. The predicted molar refractivity (Wildman–Crippen MR) is 219 cm³/mol. The van der Waals surface area contributed by atoms with E-state index < -0.39 is 7.14 Å². The van der Waals surface area contributed by atoms with E-state index in [0.29, 0.717) is 0 Å². The molecule has 0 atom stereocenters. The number of nitrogens with zero attached hydrogens (tertiary/aromatic N) is 2. The van der Waals surface area contributed by atoms with Gasteiger partial charge in [0, 0.05) is 38.5 Å². The highest BCUT2D eigenvalue weighted by molar-refractivity contribution is 7.85. The molecular formula is C48H37N2OP. The van der Waals surface area contributed by atoms with E-state index in [1.165, 1.54) is 55.4 Å². The second kappa shape index (κ2) is 11.6. The molecule has 0 spiro atoms. The number of para-hydroxylation sites is 1. The van der Waals surface area contributed by atoms with Crippen LogP contribution in [0.4, 0.5) is 0 Å². The topological polar surface area (TPSA) is 34.4 Å². The summed E-state index contributed by atoms with van der Waals surface area (Å²) in [7, 11) is -3.10. The van der Waals surface area contributed by atoms with Gasteiger partial charge >= 0.3 is 0 Å². The Kier molecular flexibility index (Phi) is 6.94. The molecule has 0 N–H and O–H groups in total. The van der Waals surface area contributed by atoms with Gasteiger partial charge in [-0.25, -0.2) is 4.98 Å². The third-order valence-electron chi connectivity index (χ3n) is 11.3. The Labute approximate surface area is 304 Å². The van der Waals surface area contributed by atoms with Gasteiger partial charge in [0.15, 0.2) is 7.14 Å². The summed E-state index contributed by atoms with van der Waals surface area (Å²) in [5, 5.41) is 6.18. The first-order valence-corrected chi connectivity index (χ1v) is 19.8. The molecule has 0 saturated heterocycles. The molecule has 2 aromatic heterocycles. The van der Waals surface area contributed by atoms with E-state index in [1.54, 1.807) is 0 Å². The van der Waals surface area contributed by atoms with Crippen LogP contribution < -0.4 is 15.9 Å². The normalized spacial score (nSPS) is 15.9. The summed E-state index contributed by atoms with van der Waals surface area (Å²) in [6.07, 6.45) is 10.7. The number of allylic oxidation sites excluding steroid dienone is 3. The summed E-state index contributed by atoms with van der Waals surface area (Å²) in [5.74, 6) is 0. The molecule has 10 rings (SSSR count). The van der Waals surface area contributed by atoms with Crippen LogP contribution in [0.1, 0.15) is 42.8 Å². The minimum atomic E-state index is -3.10. The number of hydrogen-bond acceptors (Lipinski definition) is 2.